The third-order valence-electron chi connectivity index (χ3n) is 2.57. The molecule has 2 aromatic heterocycles. The van der Waals surface area contributed by atoms with Crippen molar-refractivity contribution in [3.63, 3.8) is 0 Å². The van der Waals surface area contributed by atoms with Crippen LogP contribution in [0.3, 0.4) is 0 Å². The van der Waals surface area contributed by atoms with Crippen LogP contribution in [0.5, 0.6) is 11.5 Å². The number of methoxy groups -OCH3 is 2. The number of hydrogen-bond donors (Lipinski definition) is 1. The van der Waals surface area contributed by atoms with Crippen LogP contribution in [0, 0.1) is 0 Å². The molecule has 0 spiro atoms. The third-order valence-corrected chi connectivity index (χ3v) is 3.60. The van der Waals surface area contributed by atoms with Crippen LogP contribution in [0.15, 0.2) is 17.4 Å². The second-order valence-electron chi connectivity index (χ2n) is 3.68. The fourth-order valence-electron chi connectivity index (χ4n) is 1.54. The molecule has 0 fully saturated rings. The molecule has 0 saturated carbocycles. The zero-order chi connectivity index (χ0) is 13.8. The van der Waals surface area contributed by atoms with Crippen LogP contribution in [0.1, 0.15) is 5.69 Å². The zero-order valence-electron chi connectivity index (χ0n) is 11.0. The van der Waals surface area contributed by atoms with Gasteiger partial charge < -0.3 is 15.2 Å². The first kappa shape index (κ1) is 13.5. The Balaban J connectivity index is 2.17. The van der Waals surface area contributed by atoms with Gasteiger partial charge in [-0.3, -0.25) is 9.55 Å². The fraction of sp³-hybridized carbons (Fsp3) is 0.364. The Bertz CT molecular complexity index is 572. The first-order valence-electron chi connectivity index (χ1n) is 5.51. The molecule has 0 aromatic carbocycles. The van der Waals surface area contributed by atoms with Gasteiger partial charge in [-0.15, -0.1) is 10.2 Å². The Hall–Kier alpha value is -1.96. The summed E-state index contributed by atoms with van der Waals surface area (Å²) in [7, 11) is 5.00. The number of pyridine rings is 1. The van der Waals surface area contributed by atoms with Crippen molar-refractivity contribution < 1.29 is 9.47 Å². The van der Waals surface area contributed by atoms with E-state index in [1.807, 2.05) is 7.05 Å². The summed E-state index contributed by atoms with van der Waals surface area (Å²) in [5.74, 6) is 2.26. The number of anilines is 1. The van der Waals surface area contributed by atoms with Crippen LogP contribution in [0.4, 0.5) is 5.95 Å². The highest BCUT2D eigenvalue weighted by Crippen LogP contribution is 2.32. The first-order valence-corrected chi connectivity index (χ1v) is 6.49. The molecule has 2 aromatic rings. The summed E-state index contributed by atoms with van der Waals surface area (Å²) in [6, 6.07) is 1.76. The summed E-state index contributed by atoms with van der Waals surface area (Å²) >= 11 is 1.48. The van der Waals surface area contributed by atoms with E-state index in [2.05, 4.69) is 15.2 Å². The van der Waals surface area contributed by atoms with Crippen molar-refractivity contribution in [1.82, 2.24) is 19.7 Å². The van der Waals surface area contributed by atoms with Crippen LogP contribution < -0.4 is 15.2 Å². The number of nitrogens with zero attached hydrogens (tertiary/aromatic N) is 4. The van der Waals surface area contributed by atoms with E-state index >= 15 is 0 Å². The molecule has 0 aliphatic heterocycles. The van der Waals surface area contributed by atoms with Crippen LogP contribution >= 0.6 is 11.8 Å². The molecule has 0 unspecified atom stereocenters. The molecule has 7 nitrogen and oxygen atoms in total. The highest BCUT2D eigenvalue weighted by molar-refractivity contribution is 7.98. The molecule has 8 heteroatoms. The molecular formula is C11H15N5O2S. The van der Waals surface area contributed by atoms with Gasteiger partial charge in [0.05, 0.1) is 19.9 Å². The number of aromatic nitrogens is 4. The Morgan fingerprint density at radius 2 is 2.11 bits per heavy atom. The van der Waals surface area contributed by atoms with E-state index in [4.69, 9.17) is 15.2 Å². The summed E-state index contributed by atoms with van der Waals surface area (Å²) in [5, 5.41) is 8.50. The molecule has 2 heterocycles. The van der Waals surface area contributed by atoms with Gasteiger partial charge in [-0.25, -0.2) is 0 Å². The number of nitrogens with two attached hydrogens (primary N) is 1. The van der Waals surface area contributed by atoms with E-state index in [9.17, 15) is 0 Å². The maximum absolute atomic E-state index is 5.63. The van der Waals surface area contributed by atoms with Gasteiger partial charge in [0, 0.05) is 25.1 Å². The Kier molecular flexibility index (Phi) is 4.10. The summed E-state index contributed by atoms with van der Waals surface area (Å²) in [5.41, 5.74) is 6.41. The molecular weight excluding hydrogens is 266 g/mol. The van der Waals surface area contributed by atoms with E-state index < -0.39 is 0 Å². The lowest BCUT2D eigenvalue weighted by Crippen LogP contribution is -2.00. The molecule has 102 valence electrons. The van der Waals surface area contributed by atoms with E-state index in [1.54, 1.807) is 31.0 Å². The van der Waals surface area contributed by atoms with E-state index in [0.717, 1.165) is 10.9 Å². The SMILES string of the molecule is COc1ccnc(CSc2nnc(N)n2C)c1OC. The molecule has 2 N–H and O–H groups in total. The summed E-state index contributed by atoms with van der Waals surface area (Å²) in [4.78, 5) is 4.30. The largest absolute Gasteiger partial charge is 0.493 e. The van der Waals surface area contributed by atoms with Gasteiger partial charge in [-0.1, -0.05) is 11.8 Å². The highest BCUT2D eigenvalue weighted by atomic mass is 32.2. The van der Waals surface area contributed by atoms with Gasteiger partial charge >= 0.3 is 0 Å². The van der Waals surface area contributed by atoms with Gasteiger partial charge in [-0.2, -0.15) is 0 Å². The highest BCUT2D eigenvalue weighted by Gasteiger charge is 2.13. The monoisotopic (exact) mass is 281 g/mol. The second kappa shape index (κ2) is 5.79. The number of nitrogen functional groups attached to an aromatic ring is 1. The summed E-state index contributed by atoms with van der Waals surface area (Å²) in [6.45, 7) is 0. The fourth-order valence-corrected chi connectivity index (χ4v) is 2.40. The number of thioether (sulfide) groups is 1. The predicted octanol–water partition coefficient (Wildman–Crippen LogP) is 1.10. The van der Waals surface area contributed by atoms with Crippen LogP contribution in [0.2, 0.25) is 0 Å². The van der Waals surface area contributed by atoms with Gasteiger partial charge in [0.25, 0.3) is 0 Å². The summed E-state index contributed by atoms with van der Waals surface area (Å²) in [6.07, 6.45) is 1.68. The molecule has 0 atom stereocenters. The third kappa shape index (κ3) is 2.73. The molecule has 0 radical (unpaired) electrons. The van der Waals surface area contributed by atoms with Crippen molar-refractivity contribution in [3.8, 4) is 11.5 Å². The molecule has 0 aliphatic carbocycles. The van der Waals surface area contributed by atoms with Crippen molar-refractivity contribution >= 4 is 17.7 Å². The quantitative estimate of drug-likeness (QED) is 0.821. The lowest BCUT2D eigenvalue weighted by Gasteiger charge is -2.10. The maximum atomic E-state index is 5.63. The first-order chi connectivity index (χ1) is 9.17. The molecule has 0 amide bonds. The minimum Gasteiger partial charge on any atom is -0.493 e. The Morgan fingerprint density at radius 1 is 1.32 bits per heavy atom. The van der Waals surface area contributed by atoms with Crippen LogP contribution in [-0.4, -0.2) is 34.0 Å². The molecule has 2 rings (SSSR count). The van der Waals surface area contributed by atoms with Crippen molar-refractivity contribution in [2.75, 3.05) is 20.0 Å². The van der Waals surface area contributed by atoms with Crippen molar-refractivity contribution in [2.45, 2.75) is 10.9 Å². The minimum atomic E-state index is 0.382. The molecule has 19 heavy (non-hydrogen) atoms. The standard InChI is InChI=1S/C11H15N5O2S/c1-16-10(12)14-15-11(16)19-6-7-9(18-3)8(17-2)4-5-13-7/h4-5H,6H2,1-3H3,(H2,12,14). The molecule has 0 aliphatic rings. The van der Waals surface area contributed by atoms with Gasteiger partial charge in [0.15, 0.2) is 16.7 Å². The van der Waals surface area contributed by atoms with Gasteiger partial charge in [-0.05, 0) is 0 Å². The van der Waals surface area contributed by atoms with E-state index in [1.165, 1.54) is 11.8 Å². The lowest BCUT2D eigenvalue weighted by molar-refractivity contribution is 0.350. The normalized spacial score (nSPS) is 10.5. The van der Waals surface area contributed by atoms with Crippen molar-refractivity contribution in [3.05, 3.63) is 18.0 Å². The smallest absolute Gasteiger partial charge is 0.222 e. The topological polar surface area (TPSA) is 88.1 Å². The average molecular weight is 281 g/mol. The minimum absolute atomic E-state index is 0.382. The van der Waals surface area contributed by atoms with Crippen molar-refractivity contribution in [2.24, 2.45) is 7.05 Å². The van der Waals surface area contributed by atoms with Gasteiger partial charge in [0.2, 0.25) is 5.95 Å². The van der Waals surface area contributed by atoms with E-state index in [-0.39, 0.29) is 0 Å². The van der Waals surface area contributed by atoms with Crippen LogP contribution in [-0.2, 0) is 12.8 Å². The maximum Gasteiger partial charge on any atom is 0.222 e. The predicted molar refractivity (Wildman–Crippen MR) is 72.3 cm³/mol. The van der Waals surface area contributed by atoms with E-state index in [0.29, 0.717) is 23.2 Å². The Morgan fingerprint density at radius 3 is 2.68 bits per heavy atom. The summed E-state index contributed by atoms with van der Waals surface area (Å²) < 4.78 is 12.3. The lowest BCUT2D eigenvalue weighted by atomic mass is 10.3. The Labute approximate surface area is 115 Å². The number of hydrogen-bond acceptors (Lipinski definition) is 7. The second-order valence-corrected chi connectivity index (χ2v) is 4.62. The zero-order valence-corrected chi connectivity index (χ0v) is 11.8. The number of rotatable bonds is 5. The van der Waals surface area contributed by atoms with Crippen molar-refractivity contribution in [1.29, 1.82) is 0 Å². The molecule has 0 saturated heterocycles. The van der Waals surface area contributed by atoms with Gasteiger partial charge in [0.1, 0.15) is 0 Å². The van der Waals surface area contributed by atoms with Crippen LogP contribution in [0.25, 0.3) is 0 Å². The number of ether oxygens (including phenoxy) is 2. The molecule has 0 bridgehead atoms. The average Bonchev–Trinajstić information content (AvgIpc) is 2.76.